The number of allylic oxidation sites excluding steroid dienone is 1. The molecule has 41 heavy (non-hydrogen) atoms. The second-order valence-electron chi connectivity index (χ2n) is 10.6. The summed E-state index contributed by atoms with van der Waals surface area (Å²) in [7, 11) is 0. The Morgan fingerprint density at radius 2 is 1.68 bits per heavy atom. The number of halogens is 3. The van der Waals surface area contributed by atoms with E-state index in [-0.39, 0.29) is 18.0 Å². The maximum atomic E-state index is 14.0. The lowest BCUT2D eigenvalue weighted by Gasteiger charge is -2.33. The molecule has 212 valence electrons. The molecule has 5 rings (SSSR count). The van der Waals surface area contributed by atoms with Gasteiger partial charge in [-0.05, 0) is 73.9 Å². The third kappa shape index (κ3) is 6.21. The van der Waals surface area contributed by atoms with Crippen molar-refractivity contribution in [2.24, 2.45) is 0 Å². The van der Waals surface area contributed by atoms with E-state index in [9.17, 15) is 4.79 Å². The van der Waals surface area contributed by atoms with Gasteiger partial charge >= 0.3 is 0 Å². The molecule has 0 bridgehead atoms. The van der Waals surface area contributed by atoms with Gasteiger partial charge in [-0.15, -0.1) is 0 Å². The third-order valence-electron chi connectivity index (χ3n) is 8.01. The lowest BCUT2D eigenvalue weighted by molar-refractivity contribution is 0.0923. The molecule has 4 nitrogen and oxygen atoms in total. The molecule has 3 aromatic carbocycles. The topological polar surface area (TPSA) is 48.1 Å². The summed E-state index contributed by atoms with van der Waals surface area (Å²) in [5.41, 5.74) is 5.86. The third-order valence-corrected chi connectivity index (χ3v) is 8.81. The summed E-state index contributed by atoms with van der Waals surface area (Å²) < 4.78 is 0. The van der Waals surface area contributed by atoms with Crippen LogP contribution in [0.25, 0.3) is 22.2 Å². The molecule has 1 atom stereocenters. The predicted molar refractivity (Wildman–Crippen MR) is 173 cm³/mol. The molecule has 1 heterocycles. The monoisotopic (exact) mass is 605 g/mol. The lowest BCUT2D eigenvalue weighted by Crippen LogP contribution is -2.37. The first-order chi connectivity index (χ1) is 19.8. The van der Waals surface area contributed by atoms with Gasteiger partial charge in [-0.25, -0.2) is 0 Å². The fraction of sp³-hybridized carbons (Fsp3) is 0.265. The zero-order valence-corrected chi connectivity index (χ0v) is 25.6. The van der Waals surface area contributed by atoms with Gasteiger partial charge < -0.3 is 15.2 Å². The Balaban J connectivity index is 1.74. The largest absolute Gasteiger partial charge is 0.350 e. The van der Waals surface area contributed by atoms with Gasteiger partial charge in [0, 0.05) is 37.6 Å². The van der Waals surface area contributed by atoms with Crippen molar-refractivity contribution in [3.05, 3.63) is 117 Å². The highest BCUT2D eigenvalue weighted by molar-refractivity contribution is 6.35. The Morgan fingerprint density at radius 3 is 2.37 bits per heavy atom. The standard InChI is InChI=1S/C34H34Cl3N3O/c1-4-40(22(3)27-17-15-24(35)19-29(27)37)33(21(2)23-11-7-5-8-12-23)31-28-18-16-25(36)20-30(28)39-32(31)34(41)38-26-13-9-6-10-14-26/h4-5,7-8,11-12,15-20,22,26,39H,1,6,9-10,13-14H2,2-3H3,(H,38,41)/b33-21+. The number of aromatic nitrogens is 1. The normalized spacial score (nSPS) is 15.3. The second kappa shape index (κ2) is 12.8. The van der Waals surface area contributed by atoms with Crippen LogP contribution >= 0.6 is 34.8 Å². The van der Waals surface area contributed by atoms with E-state index in [1.54, 1.807) is 12.3 Å². The molecule has 1 fully saturated rings. The fourth-order valence-corrected chi connectivity index (χ4v) is 6.60. The predicted octanol–water partition coefficient (Wildman–Crippen LogP) is 10.3. The quantitative estimate of drug-likeness (QED) is 0.210. The molecule has 0 spiro atoms. The van der Waals surface area contributed by atoms with Crippen LogP contribution in [0.4, 0.5) is 0 Å². The molecule has 7 heteroatoms. The highest BCUT2D eigenvalue weighted by Gasteiger charge is 2.30. The average molecular weight is 607 g/mol. The molecule has 1 aliphatic rings. The van der Waals surface area contributed by atoms with E-state index in [0.29, 0.717) is 20.8 Å². The number of amides is 1. The van der Waals surface area contributed by atoms with Crippen LogP contribution in [0, 0.1) is 0 Å². The summed E-state index contributed by atoms with van der Waals surface area (Å²) in [5, 5.41) is 5.94. The van der Waals surface area contributed by atoms with Crippen LogP contribution < -0.4 is 5.32 Å². The zero-order valence-electron chi connectivity index (χ0n) is 23.3. The number of rotatable bonds is 8. The molecular weight excluding hydrogens is 573 g/mol. The minimum absolute atomic E-state index is 0.126. The number of carbonyl (C=O) groups excluding carboxylic acids is 1. The van der Waals surface area contributed by atoms with Gasteiger partial charge in [0.15, 0.2) is 0 Å². The van der Waals surface area contributed by atoms with Crippen molar-refractivity contribution in [2.45, 2.75) is 58.0 Å². The van der Waals surface area contributed by atoms with E-state index >= 15 is 0 Å². The van der Waals surface area contributed by atoms with E-state index < -0.39 is 0 Å². The van der Waals surface area contributed by atoms with Crippen LogP contribution in [0.1, 0.15) is 79.2 Å². The number of carbonyl (C=O) groups is 1. The number of hydrogen-bond acceptors (Lipinski definition) is 2. The van der Waals surface area contributed by atoms with Gasteiger partial charge in [0.05, 0.1) is 11.7 Å². The van der Waals surface area contributed by atoms with Gasteiger partial charge in [-0.3, -0.25) is 4.79 Å². The molecule has 1 unspecified atom stereocenters. The molecule has 0 radical (unpaired) electrons. The molecule has 1 aromatic heterocycles. The molecular formula is C34H34Cl3N3O. The molecule has 0 saturated heterocycles. The van der Waals surface area contributed by atoms with E-state index in [1.165, 1.54) is 6.42 Å². The van der Waals surface area contributed by atoms with Crippen molar-refractivity contribution >= 4 is 62.9 Å². The molecule has 0 aliphatic heterocycles. The molecule has 1 saturated carbocycles. The fourth-order valence-electron chi connectivity index (χ4n) is 5.86. The summed E-state index contributed by atoms with van der Waals surface area (Å²) in [6.45, 7) is 8.36. The van der Waals surface area contributed by atoms with Crippen LogP contribution in [0.5, 0.6) is 0 Å². The Bertz CT molecular complexity index is 1600. The van der Waals surface area contributed by atoms with Crippen molar-refractivity contribution in [1.82, 2.24) is 15.2 Å². The van der Waals surface area contributed by atoms with Gasteiger partial charge in [0.25, 0.3) is 5.91 Å². The Hall–Kier alpha value is -3.18. The second-order valence-corrected chi connectivity index (χ2v) is 11.9. The number of benzene rings is 3. The van der Waals surface area contributed by atoms with E-state index in [1.807, 2.05) is 48.5 Å². The van der Waals surface area contributed by atoms with Crippen LogP contribution in [0.3, 0.4) is 0 Å². The lowest BCUT2D eigenvalue weighted by atomic mass is 9.94. The first kappa shape index (κ1) is 29.3. The van der Waals surface area contributed by atoms with Crippen LogP contribution in [-0.4, -0.2) is 21.8 Å². The summed E-state index contributed by atoms with van der Waals surface area (Å²) in [6, 6.07) is 21.3. The molecule has 1 amide bonds. The highest BCUT2D eigenvalue weighted by atomic mass is 35.5. The van der Waals surface area contributed by atoms with Gasteiger partial charge in [-0.2, -0.15) is 0 Å². The van der Waals surface area contributed by atoms with Crippen LogP contribution in [-0.2, 0) is 0 Å². The number of fused-ring (bicyclic) bond motifs is 1. The smallest absolute Gasteiger partial charge is 0.268 e. The van der Waals surface area contributed by atoms with Crippen molar-refractivity contribution in [3.8, 4) is 0 Å². The Labute approximate surface area is 257 Å². The van der Waals surface area contributed by atoms with Gasteiger partial charge in [-0.1, -0.05) is 103 Å². The first-order valence-corrected chi connectivity index (χ1v) is 15.2. The van der Waals surface area contributed by atoms with Crippen molar-refractivity contribution in [1.29, 1.82) is 0 Å². The highest BCUT2D eigenvalue weighted by Crippen LogP contribution is 2.42. The van der Waals surface area contributed by atoms with E-state index in [2.05, 4.69) is 47.8 Å². The molecule has 4 aromatic rings. The molecule has 1 aliphatic carbocycles. The number of H-pyrrole nitrogens is 1. The maximum absolute atomic E-state index is 14.0. The minimum Gasteiger partial charge on any atom is -0.350 e. The molecule has 2 N–H and O–H groups in total. The number of aromatic amines is 1. The number of nitrogens with one attached hydrogen (secondary N) is 2. The van der Waals surface area contributed by atoms with Crippen molar-refractivity contribution < 1.29 is 4.79 Å². The summed E-state index contributed by atoms with van der Waals surface area (Å²) >= 11 is 19.4. The average Bonchev–Trinajstić information content (AvgIpc) is 3.34. The Kier molecular flexibility index (Phi) is 9.13. The van der Waals surface area contributed by atoms with Crippen LogP contribution in [0.15, 0.2) is 79.5 Å². The van der Waals surface area contributed by atoms with E-state index in [4.69, 9.17) is 34.8 Å². The SMILES string of the molecule is C=CN(/C(=C(\C)c1ccccc1)c1c(C(=O)NC2CCCCC2)[nH]c2cc(Cl)ccc12)C(C)c1ccc(Cl)cc1Cl. The zero-order chi connectivity index (χ0) is 29.1. The van der Waals surface area contributed by atoms with Gasteiger partial charge in [0.2, 0.25) is 0 Å². The minimum atomic E-state index is -0.225. The summed E-state index contributed by atoms with van der Waals surface area (Å²) in [6.07, 6.45) is 7.25. The van der Waals surface area contributed by atoms with Gasteiger partial charge in [0.1, 0.15) is 5.69 Å². The Morgan fingerprint density at radius 1 is 1.00 bits per heavy atom. The van der Waals surface area contributed by atoms with E-state index in [0.717, 1.165) is 64.5 Å². The first-order valence-electron chi connectivity index (χ1n) is 14.0. The maximum Gasteiger partial charge on any atom is 0.268 e. The summed E-state index contributed by atoms with van der Waals surface area (Å²) in [4.78, 5) is 19.5. The number of nitrogens with zero attached hydrogens (tertiary/aromatic N) is 1. The number of hydrogen-bond donors (Lipinski definition) is 2. The van der Waals surface area contributed by atoms with Crippen molar-refractivity contribution in [3.63, 3.8) is 0 Å². The van der Waals surface area contributed by atoms with Crippen LogP contribution in [0.2, 0.25) is 15.1 Å². The van der Waals surface area contributed by atoms with Crippen molar-refractivity contribution in [2.75, 3.05) is 0 Å². The summed E-state index contributed by atoms with van der Waals surface area (Å²) in [5.74, 6) is -0.126.